The summed E-state index contributed by atoms with van der Waals surface area (Å²) in [5.41, 5.74) is 2.30. The number of para-hydroxylation sites is 1. The van der Waals surface area contributed by atoms with Crippen LogP contribution in [0.15, 0.2) is 24.3 Å². The molecule has 2 N–H and O–H groups in total. The highest BCUT2D eigenvalue weighted by molar-refractivity contribution is 5.54. The van der Waals surface area contributed by atoms with Gasteiger partial charge in [-0.3, -0.25) is 0 Å². The van der Waals surface area contributed by atoms with Gasteiger partial charge in [0.15, 0.2) is 0 Å². The van der Waals surface area contributed by atoms with Gasteiger partial charge < -0.3 is 10.6 Å². The zero-order valence-electron chi connectivity index (χ0n) is 10.9. The summed E-state index contributed by atoms with van der Waals surface area (Å²) in [5, 5.41) is 6.31. The standard InChI is InChI=1S/C14H19F3N2/c1-10(8-14(15,16)17)19-9-11-6-7-18-13-5-3-2-4-12(11)13/h2-5,10-11,18-19H,6-9H2,1H3. The molecule has 1 heterocycles. The number of alkyl halides is 3. The lowest BCUT2D eigenvalue weighted by Crippen LogP contribution is -2.35. The Morgan fingerprint density at radius 1 is 1.37 bits per heavy atom. The van der Waals surface area contributed by atoms with Gasteiger partial charge in [-0.2, -0.15) is 13.2 Å². The van der Waals surface area contributed by atoms with Crippen molar-refractivity contribution < 1.29 is 13.2 Å². The quantitative estimate of drug-likeness (QED) is 0.876. The first kappa shape index (κ1) is 14.2. The number of fused-ring (bicyclic) bond motifs is 1. The van der Waals surface area contributed by atoms with E-state index < -0.39 is 18.6 Å². The van der Waals surface area contributed by atoms with E-state index in [-0.39, 0.29) is 5.92 Å². The lowest BCUT2D eigenvalue weighted by Gasteiger charge is -2.28. The summed E-state index contributed by atoms with van der Waals surface area (Å²) in [5.74, 6) is 0.285. The fourth-order valence-corrected chi connectivity index (χ4v) is 2.53. The van der Waals surface area contributed by atoms with E-state index in [0.29, 0.717) is 6.54 Å². The van der Waals surface area contributed by atoms with Crippen LogP contribution in [0.5, 0.6) is 0 Å². The summed E-state index contributed by atoms with van der Waals surface area (Å²) in [7, 11) is 0. The lowest BCUT2D eigenvalue weighted by atomic mass is 9.91. The molecule has 1 aliphatic rings. The summed E-state index contributed by atoms with van der Waals surface area (Å²) >= 11 is 0. The molecule has 0 aliphatic carbocycles. The van der Waals surface area contributed by atoms with Crippen molar-refractivity contribution in [3.63, 3.8) is 0 Å². The van der Waals surface area contributed by atoms with Gasteiger partial charge in [-0.05, 0) is 25.0 Å². The predicted molar refractivity (Wildman–Crippen MR) is 70.4 cm³/mol. The molecule has 0 saturated heterocycles. The van der Waals surface area contributed by atoms with Crippen LogP contribution in [0.1, 0.15) is 31.2 Å². The number of nitrogens with one attached hydrogen (secondary N) is 2. The van der Waals surface area contributed by atoms with Crippen LogP contribution in [0.3, 0.4) is 0 Å². The molecule has 1 aromatic carbocycles. The third-order valence-electron chi connectivity index (χ3n) is 3.46. The van der Waals surface area contributed by atoms with E-state index in [2.05, 4.69) is 10.6 Å². The van der Waals surface area contributed by atoms with E-state index in [1.54, 1.807) is 6.92 Å². The van der Waals surface area contributed by atoms with Crippen LogP contribution in [-0.2, 0) is 0 Å². The molecule has 2 unspecified atom stereocenters. The molecule has 1 aliphatic heterocycles. The minimum Gasteiger partial charge on any atom is -0.385 e. The second kappa shape index (κ2) is 5.82. The van der Waals surface area contributed by atoms with Crippen molar-refractivity contribution in [1.29, 1.82) is 0 Å². The normalized spacial score (nSPS) is 20.5. The average molecular weight is 272 g/mol. The highest BCUT2D eigenvalue weighted by Gasteiger charge is 2.30. The molecule has 2 atom stereocenters. The molecular formula is C14H19F3N2. The first-order valence-corrected chi connectivity index (χ1v) is 6.58. The highest BCUT2D eigenvalue weighted by atomic mass is 19.4. The number of benzene rings is 1. The molecule has 0 fully saturated rings. The Kier molecular flexibility index (Phi) is 4.34. The molecule has 0 bridgehead atoms. The topological polar surface area (TPSA) is 24.1 Å². The average Bonchev–Trinajstić information content (AvgIpc) is 2.34. The summed E-state index contributed by atoms with van der Waals surface area (Å²) in [6.07, 6.45) is -3.93. The fourth-order valence-electron chi connectivity index (χ4n) is 2.53. The van der Waals surface area contributed by atoms with Crippen LogP contribution in [0.2, 0.25) is 0 Å². The highest BCUT2D eigenvalue weighted by Crippen LogP contribution is 2.31. The number of rotatable bonds is 4. The molecule has 2 rings (SSSR count). The van der Waals surface area contributed by atoms with Crippen LogP contribution < -0.4 is 10.6 Å². The minimum absolute atomic E-state index is 0.285. The number of halogens is 3. The predicted octanol–water partition coefficient (Wildman–Crippen LogP) is 3.52. The summed E-state index contributed by atoms with van der Waals surface area (Å²) in [4.78, 5) is 0. The van der Waals surface area contributed by atoms with Gasteiger partial charge in [-0.1, -0.05) is 18.2 Å². The summed E-state index contributed by atoms with van der Waals surface area (Å²) in [6, 6.07) is 7.46. The zero-order chi connectivity index (χ0) is 13.9. The molecule has 0 aromatic heterocycles. The molecule has 0 amide bonds. The Morgan fingerprint density at radius 2 is 2.11 bits per heavy atom. The van der Waals surface area contributed by atoms with E-state index in [4.69, 9.17) is 0 Å². The number of anilines is 1. The van der Waals surface area contributed by atoms with Crippen LogP contribution in [0.4, 0.5) is 18.9 Å². The van der Waals surface area contributed by atoms with Crippen molar-refractivity contribution >= 4 is 5.69 Å². The maximum atomic E-state index is 12.3. The van der Waals surface area contributed by atoms with Gasteiger partial charge in [0.05, 0.1) is 6.42 Å². The van der Waals surface area contributed by atoms with E-state index in [9.17, 15) is 13.2 Å². The van der Waals surface area contributed by atoms with Crippen molar-refractivity contribution in [2.24, 2.45) is 0 Å². The molecular weight excluding hydrogens is 253 g/mol. The SMILES string of the molecule is CC(CC(F)(F)F)NCC1CCNc2ccccc21. The third-order valence-corrected chi connectivity index (χ3v) is 3.46. The van der Waals surface area contributed by atoms with Gasteiger partial charge in [0.25, 0.3) is 0 Å². The van der Waals surface area contributed by atoms with Crippen molar-refractivity contribution in [1.82, 2.24) is 5.32 Å². The Hall–Kier alpha value is -1.23. The zero-order valence-corrected chi connectivity index (χ0v) is 10.9. The van der Waals surface area contributed by atoms with Gasteiger partial charge in [0, 0.05) is 30.7 Å². The molecule has 1 aromatic rings. The molecule has 106 valence electrons. The van der Waals surface area contributed by atoms with Gasteiger partial charge in [-0.15, -0.1) is 0 Å². The Morgan fingerprint density at radius 3 is 2.84 bits per heavy atom. The van der Waals surface area contributed by atoms with E-state index in [0.717, 1.165) is 18.7 Å². The van der Waals surface area contributed by atoms with E-state index >= 15 is 0 Å². The van der Waals surface area contributed by atoms with E-state index in [1.807, 2.05) is 24.3 Å². The van der Waals surface area contributed by atoms with Crippen LogP contribution >= 0.6 is 0 Å². The second-order valence-electron chi connectivity index (χ2n) is 5.13. The molecule has 19 heavy (non-hydrogen) atoms. The van der Waals surface area contributed by atoms with Crippen molar-refractivity contribution in [2.75, 3.05) is 18.4 Å². The first-order valence-electron chi connectivity index (χ1n) is 6.58. The van der Waals surface area contributed by atoms with Gasteiger partial charge >= 0.3 is 6.18 Å². The first-order chi connectivity index (χ1) is 8.96. The van der Waals surface area contributed by atoms with Crippen molar-refractivity contribution in [3.8, 4) is 0 Å². The third kappa shape index (κ3) is 4.13. The Balaban J connectivity index is 1.91. The smallest absolute Gasteiger partial charge is 0.385 e. The van der Waals surface area contributed by atoms with Crippen molar-refractivity contribution in [3.05, 3.63) is 29.8 Å². The lowest BCUT2D eigenvalue weighted by molar-refractivity contribution is -0.139. The van der Waals surface area contributed by atoms with Gasteiger partial charge in [0.1, 0.15) is 0 Å². The molecule has 2 nitrogen and oxygen atoms in total. The van der Waals surface area contributed by atoms with Crippen LogP contribution in [0.25, 0.3) is 0 Å². The van der Waals surface area contributed by atoms with Crippen LogP contribution in [-0.4, -0.2) is 25.3 Å². The Labute approximate surface area is 111 Å². The van der Waals surface area contributed by atoms with Crippen molar-refractivity contribution in [2.45, 2.75) is 37.9 Å². The maximum absolute atomic E-state index is 12.3. The van der Waals surface area contributed by atoms with Crippen LogP contribution in [0, 0.1) is 0 Å². The summed E-state index contributed by atoms with van der Waals surface area (Å²) < 4.78 is 36.8. The Bertz CT molecular complexity index is 417. The minimum atomic E-state index is -4.10. The van der Waals surface area contributed by atoms with Gasteiger partial charge in [0.2, 0.25) is 0 Å². The number of hydrogen-bond acceptors (Lipinski definition) is 2. The molecule has 0 radical (unpaired) electrons. The summed E-state index contributed by atoms with van der Waals surface area (Å²) in [6.45, 7) is 3.05. The molecule has 0 spiro atoms. The van der Waals surface area contributed by atoms with E-state index in [1.165, 1.54) is 5.56 Å². The van der Waals surface area contributed by atoms with Gasteiger partial charge in [-0.25, -0.2) is 0 Å². The largest absolute Gasteiger partial charge is 0.390 e. The number of hydrogen-bond donors (Lipinski definition) is 2. The molecule has 0 saturated carbocycles. The second-order valence-corrected chi connectivity index (χ2v) is 5.13. The fraction of sp³-hybridized carbons (Fsp3) is 0.571. The maximum Gasteiger partial charge on any atom is 0.390 e. The monoisotopic (exact) mass is 272 g/mol. The molecule has 5 heteroatoms.